The van der Waals surface area contributed by atoms with Gasteiger partial charge in [-0.3, -0.25) is 4.79 Å². The molecule has 1 aromatic carbocycles. The highest BCUT2D eigenvalue weighted by molar-refractivity contribution is 5.96. The summed E-state index contributed by atoms with van der Waals surface area (Å²) in [6, 6.07) is 4.58. The first kappa shape index (κ1) is 14.2. The van der Waals surface area contributed by atoms with Gasteiger partial charge in [-0.05, 0) is 37.5 Å². The van der Waals surface area contributed by atoms with Gasteiger partial charge in [0.15, 0.2) is 0 Å². The number of nitrogen functional groups attached to an aromatic ring is 1. The summed E-state index contributed by atoms with van der Waals surface area (Å²) in [4.78, 5) is 25.0. The van der Waals surface area contributed by atoms with E-state index in [2.05, 4.69) is 5.32 Å². The van der Waals surface area contributed by atoms with E-state index < -0.39 is 5.97 Å². The number of carbonyl (C=O) groups excluding carboxylic acids is 1. The fourth-order valence-corrected chi connectivity index (χ4v) is 2.32. The molecule has 0 spiro atoms. The second-order valence-corrected chi connectivity index (χ2v) is 4.91. The maximum Gasteiger partial charge on any atom is 0.337 e. The molecule has 0 aliphatic carbocycles. The van der Waals surface area contributed by atoms with E-state index in [9.17, 15) is 9.59 Å². The van der Waals surface area contributed by atoms with Gasteiger partial charge in [0.25, 0.3) is 0 Å². The lowest BCUT2D eigenvalue weighted by Gasteiger charge is -2.27. The molecule has 2 rings (SSSR count). The number of nitrogens with two attached hydrogens (primary N) is 1. The van der Waals surface area contributed by atoms with Gasteiger partial charge in [-0.25, -0.2) is 4.79 Å². The van der Waals surface area contributed by atoms with Crippen LogP contribution in [-0.2, 0) is 4.79 Å². The Labute approximate surface area is 117 Å². The maximum atomic E-state index is 12.0. The van der Waals surface area contributed by atoms with Crippen LogP contribution in [0.1, 0.15) is 29.6 Å². The van der Waals surface area contributed by atoms with E-state index in [4.69, 9.17) is 10.8 Å². The van der Waals surface area contributed by atoms with Gasteiger partial charge in [0.2, 0.25) is 5.91 Å². The van der Waals surface area contributed by atoms with Gasteiger partial charge in [-0.2, -0.15) is 0 Å². The van der Waals surface area contributed by atoms with Gasteiger partial charge in [0.1, 0.15) is 0 Å². The van der Waals surface area contributed by atoms with Gasteiger partial charge in [0, 0.05) is 24.5 Å². The first-order chi connectivity index (χ1) is 9.58. The molecule has 1 aliphatic rings. The molecular weight excluding hydrogens is 258 g/mol. The topological polar surface area (TPSA) is 95.7 Å². The fourth-order valence-electron chi connectivity index (χ4n) is 2.32. The van der Waals surface area contributed by atoms with Gasteiger partial charge in [-0.15, -0.1) is 0 Å². The van der Waals surface area contributed by atoms with Gasteiger partial charge in [0.05, 0.1) is 12.1 Å². The molecule has 0 radical (unpaired) electrons. The molecule has 1 amide bonds. The molecule has 0 bridgehead atoms. The normalized spacial score (nSPS) is 14.9. The van der Waals surface area contributed by atoms with Crippen LogP contribution >= 0.6 is 0 Å². The number of carbonyl (C=O) groups is 2. The number of hydrogen-bond donors (Lipinski definition) is 3. The Morgan fingerprint density at radius 3 is 2.60 bits per heavy atom. The van der Waals surface area contributed by atoms with Gasteiger partial charge < -0.3 is 21.1 Å². The highest BCUT2D eigenvalue weighted by Crippen LogP contribution is 2.19. The van der Waals surface area contributed by atoms with E-state index in [1.807, 2.05) is 4.90 Å². The molecule has 6 nitrogen and oxygen atoms in total. The molecule has 0 atom stereocenters. The third-order valence-corrected chi connectivity index (χ3v) is 3.41. The Morgan fingerprint density at radius 2 is 1.95 bits per heavy atom. The molecule has 1 saturated heterocycles. The van der Waals surface area contributed by atoms with E-state index >= 15 is 0 Å². The minimum atomic E-state index is -1.06. The number of piperidine rings is 1. The number of rotatable bonds is 4. The lowest BCUT2D eigenvalue weighted by molar-refractivity contribution is -0.130. The Morgan fingerprint density at radius 1 is 1.25 bits per heavy atom. The Bertz CT molecular complexity index is 510. The number of hydrogen-bond acceptors (Lipinski definition) is 4. The van der Waals surface area contributed by atoms with Crippen molar-refractivity contribution in [1.29, 1.82) is 0 Å². The van der Waals surface area contributed by atoms with Crippen molar-refractivity contribution in [1.82, 2.24) is 4.90 Å². The first-order valence-corrected chi connectivity index (χ1v) is 6.72. The molecule has 1 heterocycles. The SMILES string of the molecule is Nc1ccc(NCC(=O)N2CCCCC2)c(C(=O)O)c1. The second kappa shape index (κ2) is 6.27. The van der Waals surface area contributed by atoms with E-state index in [-0.39, 0.29) is 18.0 Å². The summed E-state index contributed by atoms with van der Waals surface area (Å²) in [5.41, 5.74) is 6.45. The second-order valence-electron chi connectivity index (χ2n) is 4.91. The van der Waals surface area contributed by atoms with Gasteiger partial charge >= 0.3 is 5.97 Å². The van der Waals surface area contributed by atoms with Crippen LogP contribution in [0, 0.1) is 0 Å². The molecule has 108 valence electrons. The van der Waals surface area contributed by atoms with Crippen molar-refractivity contribution in [2.75, 3.05) is 30.7 Å². The van der Waals surface area contributed by atoms with Crippen LogP contribution in [0.4, 0.5) is 11.4 Å². The van der Waals surface area contributed by atoms with Crippen LogP contribution in [0.5, 0.6) is 0 Å². The van der Waals surface area contributed by atoms with Crippen molar-refractivity contribution in [3.05, 3.63) is 23.8 Å². The van der Waals surface area contributed by atoms with Crippen LogP contribution < -0.4 is 11.1 Å². The monoisotopic (exact) mass is 277 g/mol. The summed E-state index contributed by atoms with van der Waals surface area (Å²) in [5, 5.41) is 12.0. The zero-order valence-corrected chi connectivity index (χ0v) is 11.3. The molecule has 1 aliphatic heterocycles. The zero-order chi connectivity index (χ0) is 14.5. The number of anilines is 2. The molecule has 6 heteroatoms. The molecule has 0 aromatic heterocycles. The minimum Gasteiger partial charge on any atom is -0.478 e. The third kappa shape index (κ3) is 3.40. The average molecular weight is 277 g/mol. The number of carboxylic acid groups (broad SMARTS) is 1. The molecule has 0 saturated carbocycles. The summed E-state index contributed by atoms with van der Waals surface area (Å²) >= 11 is 0. The number of likely N-dealkylation sites (tertiary alicyclic amines) is 1. The van der Waals surface area contributed by atoms with E-state index in [0.29, 0.717) is 11.4 Å². The number of aromatic carboxylic acids is 1. The van der Waals surface area contributed by atoms with E-state index in [1.165, 1.54) is 12.5 Å². The summed E-state index contributed by atoms with van der Waals surface area (Å²) in [5.74, 6) is -1.07. The van der Waals surface area contributed by atoms with Crippen LogP contribution in [0.15, 0.2) is 18.2 Å². The minimum absolute atomic E-state index is 0.00198. The predicted molar refractivity (Wildman–Crippen MR) is 76.7 cm³/mol. The predicted octanol–water partition coefficient (Wildman–Crippen LogP) is 1.39. The Kier molecular flexibility index (Phi) is 4.45. The lowest BCUT2D eigenvalue weighted by atomic mass is 10.1. The Hall–Kier alpha value is -2.24. The first-order valence-electron chi connectivity index (χ1n) is 6.72. The molecule has 1 fully saturated rings. The standard InChI is InChI=1S/C14H19N3O3/c15-10-4-5-12(11(8-10)14(19)20)16-9-13(18)17-6-2-1-3-7-17/h4-5,8,16H,1-3,6-7,9,15H2,(H,19,20). The Balaban J connectivity index is 1.99. The lowest BCUT2D eigenvalue weighted by Crippen LogP contribution is -2.39. The van der Waals surface area contributed by atoms with Crippen LogP contribution in [0.25, 0.3) is 0 Å². The molecule has 4 N–H and O–H groups in total. The number of benzene rings is 1. The summed E-state index contributed by atoms with van der Waals surface area (Å²) in [7, 11) is 0. The van der Waals surface area contributed by atoms with Crippen molar-refractivity contribution >= 4 is 23.3 Å². The van der Waals surface area contributed by atoms with Crippen molar-refractivity contribution in [3.8, 4) is 0 Å². The molecule has 20 heavy (non-hydrogen) atoms. The highest BCUT2D eigenvalue weighted by atomic mass is 16.4. The van der Waals surface area contributed by atoms with Crippen molar-refractivity contribution in [2.45, 2.75) is 19.3 Å². The van der Waals surface area contributed by atoms with E-state index in [0.717, 1.165) is 25.9 Å². The average Bonchev–Trinajstić information content (AvgIpc) is 2.46. The third-order valence-electron chi connectivity index (χ3n) is 3.41. The zero-order valence-electron chi connectivity index (χ0n) is 11.3. The molecular formula is C14H19N3O3. The smallest absolute Gasteiger partial charge is 0.337 e. The fraction of sp³-hybridized carbons (Fsp3) is 0.429. The van der Waals surface area contributed by atoms with Gasteiger partial charge in [-0.1, -0.05) is 0 Å². The number of nitrogens with one attached hydrogen (secondary N) is 1. The molecule has 1 aromatic rings. The molecule has 0 unspecified atom stereocenters. The van der Waals surface area contributed by atoms with E-state index in [1.54, 1.807) is 12.1 Å². The highest BCUT2D eigenvalue weighted by Gasteiger charge is 2.17. The number of carboxylic acids is 1. The van der Waals surface area contributed by atoms with Crippen molar-refractivity contribution in [3.63, 3.8) is 0 Å². The number of nitrogens with zero attached hydrogens (tertiary/aromatic N) is 1. The van der Waals surface area contributed by atoms with Crippen LogP contribution in [0.3, 0.4) is 0 Å². The van der Waals surface area contributed by atoms with Crippen LogP contribution in [0.2, 0.25) is 0 Å². The van der Waals surface area contributed by atoms with Crippen molar-refractivity contribution in [2.24, 2.45) is 0 Å². The largest absolute Gasteiger partial charge is 0.478 e. The van der Waals surface area contributed by atoms with Crippen molar-refractivity contribution < 1.29 is 14.7 Å². The summed E-state index contributed by atoms with van der Waals surface area (Å²) in [6.07, 6.45) is 3.24. The summed E-state index contributed by atoms with van der Waals surface area (Å²) < 4.78 is 0. The number of amides is 1. The summed E-state index contributed by atoms with van der Waals surface area (Å²) in [6.45, 7) is 1.67. The quantitative estimate of drug-likeness (QED) is 0.723. The maximum absolute atomic E-state index is 12.0. The van der Waals surface area contributed by atoms with Crippen LogP contribution in [-0.4, -0.2) is 41.5 Å².